The van der Waals surface area contributed by atoms with Crippen molar-refractivity contribution in [2.45, 2.75) is 27.2 Å². The molecule has 0 bridgehead atoms. The van der Waals surface area contributed by atoms with E-state index < -0.39 is 0 Å². The minimum atomic E-state index is -0.342. The number of nitrogens with one attached hydrogen (secondary N) is 1. The third-order valence-corrected chi connectivity index (χ3v) is 3.65. The van der Waals surface area contributed by atoms with Gasteiger partial charge in [0.05, 0.1) is 15.8 Å². The number of hydrogen-bond acceptors (Lipinski definition) is 4. The average molecular weight is 273 g/mol. The predicted molar refractivity (Wildman–Crippen MR) is 81.0 cm³/mol. The zero-order valence-electron chi connectivity index (χ0n) is 12.0. The fraction of sp³-hybridized carbons (Fsp3) is 0.400. The van der Waals surface area contributed by atoms with E-state index in [1.165, 1.54) is 0 Å². The Bertz CT molecular complexity index is 638. The fourth-order valence-electron chi connectivity index (χ4n) is 1.94. The van der Waals surface area contributed by atoms with Crippen LogP contribution in [0, 0.1) is 15.5 Å². The molecule has 0 aliphatic rings. The minimum Gasteiger partial charge on any atom is -0.379 e. The highest BCUT2D eigenvalue weighted by atomic mass is 16.6. The number of rotatable bonds is 5. The molecule has 20 heavy (non-hydrogen) atoms. The summed E-state index contributed by atoms with van der Waals surface area (Å²) >= 11 is 0. The van der Waals surface area contributed by atoms with E-state index in [9.17, 15) is 10.1 Å². The highest BCUT2D eigenvalue weighted by Crippen LogP contribution is 2.33. The van der Waals surface area contributed by atoms with E-state index in [1.807, 2.05) is 6.07 Å². The Hall–Kier alpha value is -2.17. The Labute approximate surface area is 118 Å². The maximum atomic E-state index is 11.4. The first-order chi connectivity index (χ1) is 9.44. The van der Waals surface area contributed by atoms with Crippen molar-refractivity contribution in [1.29, 1.82) is 0 Å². The van der Waals surface area contributed by atoms with Crippen LogP contribution in [0.25, 0.3) is 10.9 Å². The van der Waals surface area contributed by atoms with Crippen LogP contribution in [0.1, 0.15) is 27.2 Å². The summed E-state index contributed by atoms with van der Waals surface area (Å²) in [5.41, 5.74) is 1.39. The molecule has 0 fully saturated rings. The molecule has 0 unspecified atom stereocenters. The van der Waals surface area contributed by atoms with Gasteiger partial charge < -0.3 is 5.32 Å². The van der Waals surface area contributed by atoms with Crippen LogP contribution in [0.3, 0.4) is 0 Å². The zero-order valence-corrected chi connectivity index (χ0v) is 12.0. The number of nitro groups is 1. The number of pyridine rings is 1. The van der Waals surface area contributed by atoms with Gasteiger partial charge in [0.15, 0.2) is 0 Å². The number of hydrogen-bond donors (Lipinski definition) is 1. The molecule has 1 heterocycles. The van der Waals surface area contributed by atoms with E-state index in [0.717, 1.165) is 6.42 Å². The standard InChI is InChI=1S/C15H19N3O2/c1-4-15(2,3)10-17-13-8-7-12-11(6-5-9-16-12)14(13)18(19)20/h5-9,17H,4,10H2,1-3H3. The van der Waals surface area contributed by atoms with Crippen molar-refractivity contribution >= 4 is 22.3 Å². The van der Waals surface area contributed by atoms with Crippen LogP contribution >= 0.6 is 0 Å². The number of anilines is 1. The lowest BCUT2D eigenvalue weighted by Crippen LogP contribution is -2.22. The normalized spacial score (nSPS) is 11.6. The van der Waals surface area contributed by atoms with E-state index in [4.69, 9.17) is 0 Å². The van der Waals surface area contributed by atoms with Crippen molar-refractivity contribution in [3.8, 4) is 0 Å². The van der Waals surface area contributed by atoms with Crippen LogP contribution < -0.4 is 5.32 Å². The molecule has 0 atom stereocenters. The summed E-state index contributed by atoms with van der Waals surface area (Å²) in [6, 6.07) is 6.99. The first-order valence-electron chi connectivity index (χ1n) is 6.70. The van der Waals surface area contributed by atoms with Gasteiger partial charge >= 0.3 is 5.69 Å². The van der Waals surface area contributed by atoms with Gasteiger partial charge in [-0.15, -0.1) is 0 Å². The van der Waals surface area contributed by atoms with Gasteiger partial charge in [-0.25, -0.2) is 0 Å². The maximum absolute atomic E-state index is 11.4. The minimum absolute atomic E-state index is 0.0950. The fourth-order valence-corrected chi connectivity index (χ4v) is 1.94. The molecule has 1 aromatic heterocycles. The van der Waals surface area contributed by atoms with Crippen molar-refractivity contribution in [2.75, 3.05) is 11.9 Å². The Morgan fingerprint density at radius 1 is 1.35 bits per heavy atom. The molecule has 5 heteroatoms. The van der Waals surface area contributed by atoms with Gasteiger partial charge in [0.2, 0.25) is 0 Å². The molecule has 0 aliphatic heterocycles. The van der Waals surface area contributed by atoms with Crippen molar-refractivity contribution in [3.05, 3.63) is 40.6 Å². The lowest BCUT2D eigenvalue weighted by molar-refractivity contribution is -0.382. The summed E-state index contributed by atoms with van der Waals surface area (Å²) in [5.74, 6) is 0. The first-order valence-corrected chi connectivity index (χ1v) is 6.70. The number of aromatic nitrogens is 1. The Kier molecular flexibility index (Phi) is 3.88. The molecule has 1 N–H and O–H groups in total. The largest absolute Gasteiger partial charge is 0.379 e. The summed E-state index contributed by atoms with van der Waals surface area (Å²) in [5, 5.41) is 15.1. The Morgan fingerprint density at radius 3 is 2.75 bits per heavy atom. The van der Waals surface area contributed by atoms with Gasteiger partial charge in [0.25, 0.3) is 0 Å². The van der Waals surface area contributed by atoms with Crippen LogP contribution in [-0.2, 0) is 0 Å². The molecule has 1 aromatic carbocycles. The predicted octanol–water partition coefficient (Wildman–Crippen LogP) is 3.99. The van der Waals surface area contributed by atoms with E-state index in [-0.39, 0.29) is 16.0 Å². The Morgan fingerprint density at radius 2 is 2.10 bits per heavy atom. The summed E-state index contributed by atoms with van der Waals surface area (Å²) in [4.78, 5) is 15.2. The molecular weight excluding hydrogens is 254 g/mol. The number of nitro benzene ring substituents is 1. The summed E-state index contributed by atoms with van der Waals surface area (Å²) in [7, 11) is 0. The van der Waals surface area contributed by atoms with Crippen LogP contribution in [-0.4, -0.2) is 16.5 Å². The van der Waals surface area contributed by atoms with E-state index in [2.05, 4.69) is 31.1 Å². The number of nitrogens with zero attached hydrogens (tertiary/aromatic N) is 2. The third-order valence-electron chi connectivity index (χ3n) is 3.65. The molecule has 0 saturated carbocycles. The van der Waals surface area contributed by atoms with Gasteiger partial charge in [0.1, 0.15) is 5.69 Å². The van der Waals surface area contributed by atoms with Gasteiger partial charge in [-0.1, -0.05) is 20.8 Å². The molecule has 2 aromatic rings. The molecule has 0 aliphatic carbocycles. The maximum Gasteiger partial charge on any atom is 0.301 e. The topological polar surface area (TPSA) is 68.1 Å². The second-order valence-electron chi connectivity index (χ2n) is 5.66. The van der Waals surface area contributed by atoms with Gasteiger partial charge in [0, 0.05) is 12.7 Å². The van der Waals surface area contributed by atoms with Crippen LogP contribution in [0.5, 0.6) is 0 Å². The lowest BCUT2D eigenvalue weighted by Gasteiger charge is -2.23. The average Bonchev–Trinajstić information content (AvgIpc) is 2.44. The molecule has 0 amide bonds. The van der Waals surface area contributed by atoms with Crippen molar-refractivity contribution in [2.24, 2.45) is 5.41 Å². The summed E-state index contributed by atoms with van der Waals surface area (Å²) < 4.78 is 0. The van der Waals surface area contributed by atoms with Gasteiger partial charge in [-0.3, -0.25) is 15.1 Å². The smallest absolute Gasteiger partial charge is 0.301 e. The molecular formula is C15H19N3O2. The number of fused-ring (bicyclic) bond motifs is 1. The zero-order chi connectivity index (χ0) is 14.8. The van der Waals surface area contributed by atoms with Crippen molar-refractivity contribution < 1.29 is 4.92 Å². The molecule has 106 valence electrons. The second-order valence-corrected chi connectivity index (χ2v) is 5.66. The van der Waals surface area contributed by atoms with Crippen LogP contribution in [0.15, 0.2) is 30.5 Å². The summed E-state index contributed by atoms with van der Waals surface area (Å²) in [6.07, 6.45) is 2.64. The molecule has 0 saturated heterocycles. The molecule has 0 spiro atoms. The van der Waals surface area contributed by atoms with Gasteiger partial charge in [-0.05, 0) is 36.1 Å². The Balaban J connectivity index is 2.43. The second kappa shape index (κ2) is 5.45. The first kappa shape index (κ1) is 14.2. The molecule has 0 radical (unpaired) electrons. The molecule has 5 nitrogen and oxygen atoms in total. The van der Waals surface area contributed by atoms with E-state index in [0.29, 0.717) is 23.1 Å². The highest BCUT2D eigenvalue weighted by molar-refractivity contribution is 5.94. The van der Waals surface area contributed by atoms with Crippen LogP contribution in [0.4, 0.5) is 11.4 Å². The highest BCUT2D eigenvalue weighted by Gasteiger charge is 2.21. The summed E-state index contributed by atoms with van der Waals surface area (Å²) in [6.45, 7) is 7.07. The quantitative estimate of drug-likeness (QED) is 0.660. The lowest BCUT2D eigenvalue weighted by atomic mass is 9.90. The molecule has 2 rings (SSSR count). The van der Waals surface area contributed by atoms with Crippen molar-refractivity contribution in [3.63, 3.8) is 0 Å². The monoisotopic (exact) mass is 273 g/mol. The number of benzene rings is 1. The van der Waals surface area contributed by atoms with E-state index in [1.54, 1.807) is 24.4 Å². The van der Waals surface area contributed by atoms with Crippen LogP contribution in [0.2, 0.25) is 0 Å². The SMILES string of the molecule is CCC(C)(C)CNc1ccc2ncccc2c1[N+](=O)[O-]. The van der Waals surface area contributed by atoms with E-state index >= 15 is 0 Å². The van der Waals surface area contributed by atoms with Crippen molar-refractivity contribution in [1.82, 2.24) is 4.98 Å². The van der Waals surface area contributed by atoms with Gasteiger partial charge in [-0.2, -0.15) is 0 Å². The third kappa shape index (κ3) is 2.87.